The molecular weight excluding hydrogens is 216 g/mol. The first-order valence-corrected chi connectivity index (χ1v) is 5.59. The predicted octanol–water partition coefficient (Wildman–Crippen LogP) is 1.88. The SMILES string of the molecule is C#CC1COC(COC(=O)c2ccccc2)C1. The Balaban J connectivity index is 1.80. The van der Waals surface area contributed by atoms with Crippen molar-refractivity contribution in [1.29, 1.82) is 0 Å². The van der Waals surface area contributed by atoms with Gasteiger partial charge in [0.25, 0.3) is 0 Å². The van der Waals surface area contributed by atoms with Gasteiger partial charge >= 0.3 is 5.97 Å². The van der Waals surface area contributed by atoms with Crippen LogP contribution < -0.4 is 0 Å². The first-order valence-electron chi connectivity index (χ1n) is 5.59. The molecule has 88 valence electrons. The number of hydrogen-bond donors (Lipinski definition) is 0. The number of terminal acetylenes is 1. The van der Waals surface area contributed by atoms with Gasteiger partial charge in [0.15, 0.2) is 0 Å². The number of esters is 1. The molecule has 0 saturated carbocycles. The van der Waals surface area contributed by atoms with Crippen molar-refractivity contribution in [1.82, 2.24) is 0 Å². The normalized spacial score (nSPS) is 23.0. The topological polar surface area (TPSA) is 35.5 Å². The standard InChI is InChI=1S/C14H14O3/c1-2-11-8-13(16-9-11)10-17-14(15)12-6-4-3-5-7-12/h1,3-7,11,13H,8-10H2. The Bertz CT molecular complexity index is 419. The lowest BCUT2D eigenvalue weighted by atomic mass is 10.1. The fourth-order valence-corrected chi connectivity index (χ4v) is 1.76. The molecule has 0 aliphatic carbocycles. The highest BCUT2D eigenvalue weighted by molar-refractivity contribution is 5.89. The fourth-order valence-electron chi connectivity index (χ4n) is 1.76. The zero-order valence-corrected chi connectivity index (χ0v) is 9.46. The predicted molar refractivity (Wildman–Crippen MR) is 63.4 cm³/mol. The molecular formula is C14H14O3. The maximum atomic E-state index is 11.6. The van der Waals surface area contributed by atoms with Gasteiger partial charge in [-0.25, -0.2) is 4.79 Å². The molecule has 1 saturated heterocycles. The van der Waals surface area contributed by atoms with Crippen molar-refractivity contribution in [2.45, 2.75) is 12.5 Å². The van der Waals surface area contributed by atoms with Crippen molar-refractivity contribution in [3.8, 4) is 12.3 Å². The van der Waals surface area contributed by atoms with E-state index in [-0.39, 0.29) is 24.6 Å². The summed E-state index contributed by atoms with van der Waals surface area (Å²) < 4.78 is 10.6. The molecule has 0 radical (unpaired) electrons. The van der Waals surface area contributed by atoms with E-state index in [9.17, 15) is 4.79 Å². The summed E-state index contributed by atoms with van der Waals surface area (Å²) in [5.74, 6) is 2.48. The van der Waals surface area contributed by atoms with Gasteiger partial charge in [-0.3, -0.25) is 0 Å². The van der Waals surface area contributed by atoms with Crippen LogP contribution in [0.3, 0.4) is 0 Å². The number of benzene rings is 1. The summed E-state index contributed by atoms with van der Waals surface area (Å²) in [6.45, 7) is 0.829. The Morgan fingerprint density at radius 3 is 2.88 bits per heavy atom. The van der Waals surface area contributed by atoms with Gasteiger partial charge in [-0.05, 0) is 18.6 Å². The van der Waals surface area contributed by atoms with Crippen molar-refractivity contribution < 1.29 is 14.3 Å². The van der Waals surface area contributed by atoms with Crippen molar-refractivity contribution in [3.63, 3.8) is 0 Å². The Morgan fingerprint density at radius 1 is 1.47 bits per heavy atom. The maximum Gasteiger partial charge on any atom is 0.338 e. The van der Waals surface area contributed by atoms with Crippen molar-refractivity contribution >= 4 is 5.97 Å². The molecule has 1 aliphatic heterocycles. The van der Waals surface area contributed by atoms with Crippen molar-refractivity contribution in [2.24, 2.45) is 5.92 Å². The van der Waals surface area contributed by atoms with Crippen LogP contribution in [0.2, 0.25) is 0 Å². The summed E-state index contributed by atoms with van der Waals surface area (Å²) in [4.78, 5) is 11.6. The second kappa shape index (κ2) is 5.51. The second-order valence-corrected chi connectivity index (χ2v) is 4.02. The molecule has 2 rings (SSSR count). The minimum Gasteiger partial charge on any atom is -0.459 e. The zero-order valence-electron chi connectivity index (χ0n) is 9.46. The van der Waals surface area contributed by atoms with Crippen LogP contribution >= 0.6 is 0 Å². The molecule has 3 nitrogen and oxygen atoms in total. The van der Waals surface area contributed by atoms with Crippen LogP contribution in [-0.4, -0.2) is 25.3 Å². The van der Waals surface area contributed by atoms with Crippen LogP contribution in [0.1, 0.15) is 16.8 Å². The Morgan fingerprint density at radius 2 is 2.24 bits per heavy atom. The van der Waals surface area contributed by atoms with Crippen LogP contribution in [0.5, 0.6) is 0 Å². The van der Waals surface area contributed by atoms with E-state index in [4.69, 9.17) is 15.9 Å². The van der Waals surface area contributed by atoms with Crippen molar-refractivity contribution in [2.75, 3.05) is 13.2 Å². The molecule has 3 heteroatoms. The minimum atomic E-state index is -0.321. The minimum absolute atomic E-state index is 0.0660. The fraction of sp³-hybridized carbons (Fsp3) is 0.357. The molecule has 0 N–H and O–H groups in total. The molecule has 0 bridgehead atoms. The zero-order chi connectivity index (χ0) is 12.1. The van der Waals surface area contributed by atoms with E-state index in [2.05, 4.69) is 5.92 Å². The highest BCUT2D eigenvalue weighted by atomic mass is 16.6. The molecule has 1 aromatic carbocycles. The van der Waals surface area contributed by atoms with E-state index in [0.717, 1.165) is 6.42 Å². The number of hydrogen-bond acceptors (Lipinski definition) is 3. The molecule has 1 aromatic rings. The van der Waals surface area contributed by atoms with Crippen LogP contribution in [0, 0.1) is 18.3 Å². The summed E-state index contributed by atoms with van der Waals surface area (Å²) >= 11 is 0. The lowest BCUT2D eigenvalue weighted by Gasteiger charge is -2.09. The number of carbonyl (C=O) groups is 1. The number of carbonyl (C=O) groups excluding carboxylic acids is 1. The summed E-state index contributed by atoms with van der Waals surface area (Å²) in [6.07, 6.45) is 6.00. The van der Waals surface area contributed by atoms with Gasteiger partial charge in [-0.1, -0.05) is 18.2 Å². The van der Waals surface area contributed by atoms with E-state index < -0.39 is 0 Å². The number of ether oxygens (including phenoxy) is 2. The lowest BCUT2D eigenvalue weighted by molar-refractivity contribution is 0.0159. The van der Waals surface area contributed by atoms with E-state index in [1.54, 1.807) is 24.3 Å². The molecule has 0 spiro atoms. The number of rotatable bonds is 3. The summed E-state index contributed by atoms with van der Waals surface area (Å²) in [6, 6.07) is 8.91. The Labute approximate surface area is 101 Å². The highest BCUT2D eigenvalue weighted by Crippen LogP contribution is 2.19. The van der Waals surface area contributed by atoms with Crippen LogP contribution in [0.4, 0.5) is 0 Å². The van der Waals surface area contributed by atoms with Crippen LogP contribution in [0.25, 0.3) is 0 Å². The van der Waals surface area contributed by atoms with Gasteiger partial charge in [0, 0.05) is 5.92 Å². The summed E-state index contributed by atoms with van der Waals surface area (Å²) in [7, 11) is 0. The Kier molecular flexibility index (Phi) is 3.79. The molecule has 1 fully saturated rings. The van der Waals surface area contributed by atoms with Gasteiger partial charge in [0.05, 0.1) is 18.3 Å². The monoisotopic (exact) mass is 230 g/mol. The highest BCUT2D eigenvalue weighted by Gasteiger charge is 2.25. The largest absolute Gasteiger partial charge is 0.459 e. The van der Waals surface area contributed by atoms with Gasteiger partial charge in [-0.2, -0.15) is 0 Å². The smallest absolute Gasteiger partial charge is 0.338 e. The molecule has 0 aromatic heterocycles. The van der Waals surface area contributed by atoms with Gasteiger partial charge in [0.2, 0.25) is 0 Å². The second-order valence-electron chi connectivity index (χ2n) is 4.02. The molecule has 1 heterocycles. The Hall–Kier alpha value is -1.79. The molecule has 17 heavy (non-hydrogen) atoms. The van der Waals surface area contributed by atoms with E-state index in [1.165, 1.54) is 0 Å². The van der Waals surface area contributed by atoms with Crippen LogP contribution in [0.15, 0.2) is 30.3 Å². The van der Waals surface area contributed by atoms with E-state index in [0.29, 0.717) is 12.2 Å². The van der Waals surface area contributed by atoms with E-state index >= 15 is 0 Å². The third-order valence-corrected chi connectivity index (χ3v) is 2.73. The van der Waals surface area contributed by atoms with Gasteiger partial charge < -0.3 is 9.47 Å². The van der Waals surface area contributed by atoms with Gasteiger partial charge in [-0.15, -0.1) is 12.3 Å². The van der Waals surface area contributed by atoms with E-state index in [1.807, 2.05) is 6.07 Å². The van der Waals surface area contributed by atoms with Crippen molar-refractivity contribution in [3.05, 3.63) is 35.9 Å². The summed E-state index contributed by atoms with van der Waals surface area (Å²) in [5.41, 5.74) is 0.555. The first kappa shape index (κ1) is 11.7. The lowest BCUT2D eigenvalue weighted by Crippen LogP contribution is -2.18. The third kappa shape index (κ3) is 3.08. The molecule has 2 atom stereocenters. The average Bonchev–Trinajstić information content (AvgIpc) is 2.85. The summed E-state index contributed by atoms with van der Waals surface area (Å²) in [5, 5.41) is 0. The molecule has 1 aliphatic rings. The third-order valence-electron chi connectivity index (χ3n) is 2.73. The maximum absolute atomic E-state index is 11.6. The average molecular weight is 230 g/mol. The first-order chi connectivity index (χ1) is 8.29. The molecule has 2 unspecified atom stereocenters. The molecule has 0 amide bonds. The quantitative estimate of drug-likeness (QED) is 0.587. The van der Waals surface area contributed by atoms with Crippen LogP contribution in [-0.2, 0) is 9.47 Å². The van der Waals surface area contributed by atoms with Gasteiger partial charge in [0.1, 0.15) is 6.61 Å².